The summed E-state index contributed by atoms with van der Waals surface area (Å²) in [6.45, 7) is 0.636. The zero-order valence-electron chi connectivity index (χ0n) is 11.2. The second-order valence-electron chi connectivity index (χ2n) is 4.60. The number of nitrogens with one attached hydrogen (secondary N) is 1. The molecule has 1 amide bonds. The quantitative estimate of drug-likeness (QED) is 0.633. The van der Waals surface area contributed by atoms with Crippen molar-refractivity contribution in [1.82, 2.24) is 5.32 Å². The highest BCUT2D eigenvalue weighted by atomic mass is 19.1. The van der Waals surface area contributed by atoms with Gasteiger partial charge in [-0.25, -0.2) is 4.39 Å². The molecule has 0 aliphatic carbocycles. The first-order valence-corrected chi connectivity index (χ1v) is 6.51. The van der Waals surface area contributed by atoms with E-state index in [2.05, 4.69) is 5.32 Å². The highest BCUT2D eigenvalue weighted by Gasteiger charge is 2.18. The zero-order chi connectivity index (χ0) is 15.2. The fourth-order valence-corrected chi connectivity index (χ4v) is 1.98. The lowest BCUT2D eigenvalue weighted by Crippen LogP contribution is -2.35. The van der Waals surface area contributed by atoms with E-state index >= 15 is 0 Å². The van der Waals surface area contributed by atoms with Crippen LogP contribution < -0.4 is 10.1 Å². The average molecular weight is 298 g/mol. The Labute approximate surface area is 120 Å². The van der Waals surface area contributed by atoms with Crippen LogP contribution in [0.5, 0.6) is 5.75 Å². The lowest BCUT2D eigenvalue weighted by molar-refractivity contribution is -0.385. The molecule has 8 heteroatoms. The average Bonchev–Trinajstić information content (AvgIpc) is 2.96. The number of amides is 1. The van der Waals surface area contributed by atoms with Gasteiger partial charge in [-0.05, 0) is 18.9 Å². The monoisotopic (exact) mass is 298 g/mol. The Hall–Kier alpha value is -2.22. The van der Waals surface area contributed by atoms with Crippen molar-refractivity contribution >= 4 is 11.6 Å². The Morgan fingerprint density at radius 2 is 2.38 bits per heavy atom. The van der Waals surface area contributed by atoms with E-state index in [1.54, 1.807) is 0 Å². The van der Waals surface area contributed by atoms with Gasteiger partial charge in [0.15, 0.2) is 6.61 Å². The molecule has 1 atom stereocenters. The maximum Gasteiger partial charge on any atom is 0.311 e. The number of hydrogen-bond acceptors (Lipinski definition) is 5. The molecule has 0 radical (unpaired) electrons. The number of carbonyl (C=O) groups excluding carboxylic acids is 1. The fourth-order valence-electron chi connectivity index (χ4n) is 1.98. The molecule has 0 bridgehead atoms. The summed E-state index contributed by atoms with van der Waals surface area (Å²) < 4.78 is 23.4. The summed E-state index contributed by atoms with van der Waals surface area (Å²) in [5.41, 5.74) is -0.386. The van der Waals surface area contributed by atoms with Crippen LogP contribution in [0.2, 0.25) is 0 Å². The van der Waals surface area contributed by atoms with Gasteiger partial charge in [0.25, 0.3) is 5.91 Å². The van der Waals surface area contributed by atoms with E-state index in [0.29, 0.717) is 13.2 Å². The normalized spacial score (nSPS) is 17.5. The molecule has 1 aromatic rings. The number of halogens is 1. The Balaban J connectivity index is 1.85. The third-order valence-electron chi connectivity index (χ3n) is 3.03. The minimum Gasteiger partial charge on any atom is -0.477 e. The molecular formula is C13H15FN2O5. The maximum absolute atomic E-state index is 13.1. The number of rotatable bonds is 6. The SMILES string of the molecule is O=C(COc1cc(F)ccc1[N+](=O)[O-])NC[C@@H]1CCCO1. The summed E-state index contributed by atoms with van der Waals surface area (Å²) in [5, 5.41) is 13.4. The first-order valence-electron chi connectivity index (χ1n) is 6.51. The van der Waals surface area contributed by atoms with Crippen LogP contribution >= 0.6 is 0 Å². The Morgan fingerprint density at radius 3 is 3.05 bits per heavy atom. The van der Waals surface area contributed by atoms with Crippen LogP contribution in [-0.2, 0) is 9.53 Å². The van der Waals surface area contributed by atoms with Gasteiger partial charge in [-0.3, -0.25) is 14.9 Å². The molecule has 1 aromatic carbocycles. The van der Waals surface area contributed by atoms with Crippen molar-refractivity contribution in [3.63, 3.8) is 0 Å². The van der Waals surface area contributed by atoms with Crippen LogP contribution in [0.25, 0.3) is 0 Å². The molecule has 1 saturated heterocycles. The van der Waals surface area contributed by atoms with Crippen LogP contribution in [0.1, 0.15) is 12.8 Å². The second-order valence-corrected chi connectivity index (χ2v) is 4.60. The van der Waals surface area contributed by atoms with Gasteiger partial charge in [-0.1, -0.05) is 0 Å². The minimum absolute atomic E-state index is 0.00236. The fraction of sp³-hybridized carbons (Fsp3) is 0.462. The van der Waals surface area contributed by atoms with E-state index in [9.17, 15) is 19.3 Å². The molecule has 1 aliphatic rings. The highest BCUT2D eigenvalue weighted by Crippen LogP contribution is 2.27. The molecule has 0 unspecified atom stereocenters. The predicted octanol–water partition coefficient (Wildman–Crippen LogP) is 1.41. The molecular weight excluding hydrogens is 283 g/mol. The molecule has 1 fully saturated rings. The predicted molar refractivity (Wildman–Crippen MR) is 70.5 cm³/mol. The summed E-state index contributed by atoms with van der Waals surface area (Å²) in [5.74, 6) is -1.38. The maximum atomic E-state index is 13.1. The highest BCUT2D eigenvalue weighted by molar-refractivity contribution is 5.77. The van der Waals surface area contributed by atoms with Crippen LogP contribution in [0.3, 0.4) is 0 Å². The number of carbonyl (C=O) groups is 1. The van der Waals surface area contributed by atoms with Crippen molar-refractivity contribution in [1.29, 1.82) is 0 Å². The first-order chi connectivity index (χ1) is 10.1. The number of ether oxygens (including phenoxy) is 2. The molecule has 0 spiro atoms. The molecule has 0 saturated carbocycles. The number of hydrogen-bond donors (Lipinski definition) is 1. The zero-order valence-corrected chi connectivity index (χ0v) is 11.2. The second kappa shape index (κ2) is 6.98. The standard InChI is InChI=1S/C13H15FN2O5/c14-9-3-4-11(16(18)19)12(6-9)21-8-13(17)15-7-10-2-1-5-20-10/h3-4,6,10H,1-2,5,7-8H2,(H,15,17)/t10-/m0/s1. The molecule has 1 N–H and O–H groups in total. The number of nitro groups is 1. The van der Waals surface area contributed by atoms with Crippen molar-refractivity contribution in [3.05, 3.63) is 34.1 Å². The smallest absolute Gasteiger partial charge is 0.311 e. The number of benzene rings is 1. The molecule has 21 heavy (non-hydrogen) atoms. The Kier molecular flexibility index (Phi) is 5.04. The minimum atomic E-state index is -0.695. The van der Waals surface area contributed by atoms with Crippen molar-refractivity contribution in [3.8, 4) is 5.75 Å². The lowest BCUT2D eigenvalue weighted by atomic mass is 10.2. The lowest BCUT2D eigenvalue weighted by Gasteiger charge is -2.11. The summed E-state index contributed by atoms with van der Waals surface area (Å²) >= 11 is 0. The summed E-state index contributed by atoms with van der Waals surface area (Å²) in [6, 6.07) is 2.84. The Bertz CT molecular complexity index is 531. The summed E-state index contributed by atoms with van der Waals surface area (Å²) in [7, 11) is 0. The van der Waals surface area contributed by atoms with E-state index in [1.165, 1.54) is 0 Å². The topological polar surface area (TPSA) is 90.7 Å². The van der Waals surface area contributed by atoms with E-state index in [-0.39, 0.29) is 17.5 Å². The number of nitro benzene ring substituents is 1. The third-order valence-corrected chi connectivity index (χ3v) is 3.03. The van der Waals surface area contributed by atoms with E-state index in [1.807, 2.05) is 0 Å². The molecule has 114 valence electrons. The van der Waals surface area contributed by atoms with Gasteiger partial charge in [-0.15, -0.1) is 0 Å². The van der Waals surface area contributed by atoms with Crippen molar-refractivity contribution in [2.24, 2.45) is 0 Å². The van der Waals surface area contributed by atoms with E-state index in [4.69, 9.17) is 9.47 Å². The summed E-state index contributed by atoms with van der Waals surface area (Å²) in [6.07, 6.45) is 1.85. The van der Waals surface area contributed by atoms with Gasteiger partial charge < -0.3 is 14.8 Å². The van der Waals surface area contributed by atoms with E-state index in [0.717, 1.165) is 31.0 Å². The first kappa shape index (κ1) is 15.2. The van der Waals surface area contributed by atoms with Crippen LogP contribution in [-0.4, -0.2) is 36.7 Å². The van der Waals surface area contributed by atoms with Crippen LogP contribution in [0.15, 0.2) is 18.2 Å². The van der Waals surface area contributed by atoms with Crippen molar-refractivity contribution < 1.29 is 23.6 Å². The van der Waals surface area contributed by atoms with Crippen molar-refractivity contribution in [2.45, 2.75) is 18.9 Å². The van der Waals surface area contributed by atoms with Gasteiger partial charge in [0.2, 0.25) is 5.75 Å². The van der Waals surface area contributed by atoms with Gasteiger partial charge in [0.05, 0.1) is 11.0 Å². The van der Waals surface area contributed by atoms with Gasteiger partial charge in [0.1, 0.15) is 5.82 Å². The third kappa shape index (κ3) is 4.38. The molecule has 2 rings (SSSR count). The van der Waals surface area contributed by atoms with Crippen LogP contribution in [0.4, 0.5) is 10.1 Å². The van der Waals surface area contributed by atoms with E-state index < -0.39 is 23.3 Å². The van der Waals surface area contributed by atoms with Gasteiger partial charge in [0, 0.05) is 25.3 Å². The molecule has 7 nitrogen and oxygen atoms in total. The van der Waals surface area contributed by atoms with Crippen LogP contribution in [0, 0.1) is 15.9 Å². The molecule has 1 aliphatic heterocycles. The largest absolute Gasteiger partial charge is 0.477 e. The molecule has 1 heterocycles. The molecule has 0 aromatic heterocycles. The van der Waals surface area contributed by atoms with Crippen molar-refractivity contribution in [2.75, 3.05) is 19.8 Å². The number of nitrogens with zero attached hydrogens (tertiary/aromatic N) is 1. The summed E-state index contributed by atoms with van der Waals surface area (Å²) in [4.78, 5) is 21.7. The van der Waals surface area contributed by atoms with Gasteiger partial charge in [-0.2, -0.15) is 0 Å². The van der Waals surface area contributed by atoms with Gasteiger partial charge >= 0.3 is 5.69 Å². The Morgan fingerprint density at radius 1 is 1.57 bits per heavy atom.